The third-order valence-corrected chi connectivity index (χ3v) is 3.15. The first kappa shape index (κ1) is 25.2. The van der Waals surface area contributed by atoms with E-state index in [2.05, 4.69) is 16.0 Å². The second kappa shape index (κ2) is 12.6. The van der Waals surface area contributed by atoms with Gasteiger partial charge in [0.05, 0.1) is 32.5 Å². The highest BCUT2D eigenvalue weighted by molar-refractivity contribution is 5.95. The van der Waals surface area contributed by atoms with Gasteiger partial charge in [-0.15, -0.1) is 0 Å². The van der Waals surface area contributed by atoms with Crippen LogP contribution in [-0.4, -0.2) is 78.2 Å². The van der Waals surface area contributed by atoms with Crippen LogP contribution >= 0.6 is 0 Å². The summed E-state index contributed by atoms with van der Waals surface area (Å²) in [6.45, 7) is -1.39. The summed E-state index contributed by atoms with van der Waals surface area (Å²) in [5, 5.41) is 17.3. The van der Waals surface area contributed by atoms with Gasteiger partial charge in [-0.3, -0.25) is 28.8 Å². The number of aliphatic carboxylic acids is 1. The molecule has 0 aromatic heterocycles. The molecule has 15 nitrogen and oxygen atoms in total. The Labute approximate surface area is 164 Å². The van der Waals surface area contributed by atoms with E-state index >= 15 is 0 Å². The number of nitrogens with two attached hydrogens (primary N) is 3. The van der Waals surface area contributed by atoms with Gasteiger partial charge in [-0.2, -0.15) is 0 Å². The number of carboxylic acids is 1. The van der Waals surface area contributed by atoms with Crippen molar-refractivity contribution in [2.45, 2.75) is 24.9 Å². The van der Waals surface area contributed by atoms with E-state index in [9.17, 15) is 33.6 Å². The molecule has 0 bridgehead atoms. The first-order chi connectivity index (χ1) is 13.5. The fraction of sp³-hybridized carbons (Fsp3) is 0.500. The summed E-state index contributed by atoms with van der Waals surface area (Å²) in [6, 6.07) is -3.25. The fourth-order valence-electron chi connectivity index (χ4n) is 1.82. The van der Waals surface area contributed by atoms with Crippen molar-refractivity contribution in [2.75, 3.05) is 19.6 Å². The molecule has 0 saturated heterocycles. The number of rotatable bonds is 13. The lowest BCUT2D eigenvalue weighted by molar-refractivity contribution is -0.143. The summed E-state index contributed by atoms with van der Waals surface area (Å²) in [5.41, 5.74) is 14.9. The highest BCUT2D eigenvalue weighted by atomic mass is 16.4. The van der Waals surface area contributed by atoms with Crippen molar-refractivity contribution in [3.63, 3.8) is 0 Å². The SMILES string of the molecule is NCC(=O)NCC(=O)NCC(=O)N[C@@H](CC(N)=O)C(=O)N[C@@H](CC(N)=O)C(=O)O. The summed E-state index contributed by atoms with van der Waals surface area (Å²) < 4.78 is 0. The second-order valence-electron chi connectivity index (χ2n) is 5.62. The maximum absolute atomic E-state index is 12.2. The van der Waals surface area contributed by atoms with Crippen LogP contribution in [0.3, 0.4) is 0 Å². The minimum Gasteiger partial charge on any atom is -0.480 e. The van der Waals surface area contributed by atoms with Gasteiger partial charge in [-0.05, 0) is 0 Å². The van der Waals surface area contributed by atoms with Gasteiger partial charge in [0.1, 0.15) is 12.1 Å². The summed E-state index contributed by atoms with van der Waals surface area (Å²) in [5.74, 6) is -6.89. The minimum absolute atomic E-state index is 0.329. The Morgan fingerprint density at radius 2 is 1.21 bits per heavy atom. The standard InChI is InChI=1S/C14H23N7O8/c15-3-10(24)18-4-11(25)19-5-12(26)20-6(1-8(16)22)13(27)21-7(14(28)29)2-9(17)23/h6-7H,1-5,15H2,(H2,16,22)(H2,17,23)(H,18,24)(H,19,25)(H,20,26)(H,21,27)(H,28,29)/t6-,7-/m0/s1. The number of hydrogen-bond acceptors (Lipinski definition) is 8. The predicted molar refractivity (Wildman–Crippen MR) is 94.2 cm³/mol. The van der Waals surface area contributed by atoms with E-state index in [0.717, 1.165) is 0 Å². The fourth-order valence-corrected chi connectivity index (χ4v) is 1.82. The molecule has 6 amide bonds. The van der Waals surface area contributed by atoms with Crippen molar-refractivity contribution in [2.24, 2.45) is 17.2 Å². The molecule has 0 spiro atoms. The molecular formula is C14H23N7O8. The Bertz CT molecular complexity index is 681. The average molecular weight is 417 g/mol. The van der Waals surface area contributed by atoms with Gasteiger partial charge < -0.3 is 43.6 Å². The first-order valence-corrected chi connectivity index (χ1v) is 8.08. The molecule has 0 heterocycles. The second-order valence-corrected chi connectivity index (χ2v) is 5.62. The molecule has 0 rings (SSSR count). The van der Waals surface area contributed by atoms with Gasteiger partial charge in [0.15, 0.2) is 0 Å². The van der Waals surface area contributed by atoms with Crippen molar-refractivity contribution in [1.82, 2.24) is 21.3 Å². The van der Waals surface area contributed by atoms with Crippen molar-refractivity contribution in [1.29, 1.82) is 0 Å². The van der Waals surface area contributed by atoms with Crippen LogP contribution in [0.2, 0.25) is 0 Å². The third-order valence-electron chi connectivity index (χ3n) is 3.15. The van der Waals surface area contributed by atoms with Crippen molar-refractivity contribution in [3.05, 3.63) is 0 Å². The number of carbonyl (C=O) groups is 7. The zero-order valence-corrected chi connectivity index (χ0v) is 15.2. The topological polar surface area (TPSA) is 266 Å². The minimum atomic E-state index is -1.68. The van der Waals surface area contributed by atoms with Crippen LogP contribution < -0.4 is 38.5 Å². The molecule has 0 fully saturated rings. The Morgan fingerprint density at radius 1 is 0.724 bits per heavy atom. The van der Waals surface area contributed by atoms with Crippen LogP contribution in [0, 0.1) is 0 Å². The van der Waals surface area contributed by atoms with E-state index in [1.54, 1.807) is 0 Å². The van der Waals surface area contributed by atoms with Gasteiger partial charge in [0.25, 0.3) is 0 Å². The van der Waals surface area contributed by atoms with E-state index in [1.165, 1.54) is 0 Å². The average Bonchev–Trinajstić information content (AvgIpc) is 2.62. The van der Waals surface area contributed by atoms with Crippen LogP contribution in [-0.2, 0) is 33.6 Å². The predicted octanol–water partition coefficient (Wildman–Crippen LogP) is -6.02. The van der Waals surface area contributed by atoms with Gasteiger partial charge in [-0.25, -0.2) is 4.79 Å². The Morgan fingerprint density at radius 3 is 1.69 bits per heavy atom. The molecule has 0 radical (unpaired) electrons. The monoisotopic (exact) mass is 417 g/mol. The molecule has 29 heavy (non-hydrogen) atoms. The first-order valence-electron chi connectivity index (χ1n) is 8.08. The van der Waals surface area contributed by atoms with E-state index in [-0.39, 0.29) is 6.54 Å². The highest BCUT2D eigenvalue weighted by Gasteiger charge is 2.28. The van der Waals surface area contributed by atoms with Gasteiger partial charge in [-0.1, -0.05) is 0 Å². The van der Waals surface area contributed by atoms with Crippen LogP contribution in [0.1, 0.15) is 12.8 Å². The molecule has 0 aliphatic rings. The lowest BCUT2D eigenvalue weighted by Crippen LogP contribution is -2.55. The van der Waals surface area contributed by atoms with Crippen LogP contribution in [0.4, 0.5) is 0 Å². The molecule has 2 atom stereocenters. The molecular weight excluding hydrogens is 394 g/mol. The number of nitrogens with one attached hydrogen (secondary N) is 4. The third kappa shape index (κ3) is 11.5. The summed E-state index contributed by atoms with van der Waals surface area (Å²) in [4.78, 5) is 79.5. The Balaban J connectivity index is 4.82. The summed E-state index contributed by atoms with van der Waals surface area (Å²) >= 11 is 0. The molecule has 162 valence electrons. The maximum Gasteiger partial charge on any atom is 0.326 e. The zero-order chi connectivity index (χ0) is 22.6. The zero-order valence-electron chi connectivity index (χ0n) is 15.2. The lowest BCUT2D eigenvalue weighted by Gasteiger charge is -2.20. The molecule has 0 aliphatic carbocycles. The summed E-state index contributed by atoms with van der Waals surface area (Å²) in [7, 11) is 0. The highest BCUT2D eigenvalue weighted by Crippen LogP contribution is 1.97. The largest absolute Gasteiger partial charge is 0.480 e. The molecule has 0 aromatic carbocycles. The van der Waals surface area contributed by atoms with Crippen molar-refractivity contribution in [3.8, 4) is 0 Å². The van der Waals surface area contributed by atoms with Gasteiger partial charge in [0.2, 0.25) is 35.4 Å². The van der Waals surface area contributed by atoms with Crippen molar-refractivity contribution >= 4 is 41.4 Å². The molecule has 0 saturated carbocycles. The van der Waals surface area contributed by atoms with Crippen LogP contribution in [0.15, 0.2) is 0 Å². The summed E-state index contributed by atoms with van der Waals surface area (Å²) in [6.07, 6.45) is -1.40. The lowest BCUT2D eigenvalue weighted by atomic mass is 10.1. The Hall–Kier alpha value is -3.75. The maximum atomic E-state index is 12.2. The molecule has 0 aliphatic heterocycles. The van der Waals surface area contributed by atoms with Gasteiger partial charge >= 0.3 is 5.97 Å². The van der Waals surface area contributed by atoms with E-state index in [0.29, 0.717) is 0 Å². The van der Waals surface area contributed by atoms with Crippen LogP contribution in [0.25, 0.3) is 0 Å². The Kier molecular flexibility index (Phi) is 11.0. The number of amides is 6. The normalized spacial score (nSPS) is 12.0. The molecule has 11 N–H and O–H groups in total. The number of carbonyl (C=O) groups excluding carboxylic acids is 6. The van der Waals surface area contributed by atoms with E-state index in [4.69, 9.17) is 22.3 Å². The smallest absolute Gasteiger partial charge is 0.326 e. The number of hydrogen-bond donors (Lipinski definition) is 8. The van der Waals surface area contributed by atoms with Crippen molar-refractivity contribution < 1.29 is 38.7 Å². The van der Waals surface area contributed by atoms with E-state index in [1.807, 2.05) is 5.32 Å². The van der Waals surface area contributed by atoms with Crippen LogP contribution in [0.5, 0.6) is 0 Å². The molecule has 15 heteroatoms. The quantitative estimate of drug-likeness (QED) is 0.141. The van der Waals surface area contributed by atoms with E-state index < -0.39 is 79.4 Å². The molecule has 0 aromatic rings. The van der Waals surface area contributed by atoms with Gasteiger partial charge in [0, 0.05) is 0 Å². The number of carboxylic acid groups (broad SMARTS) is 1. The molecule has 0 unspecified atom stereocenters. The number of primary amides is 2.